The molecule has 1 saturated carbocycles. The molecule has 0 amide bonds. The lowest BCUT2D eigenvalue weighted by Gasteiger charge is -2.29. The van der Waals surface area contributed by atoms with Crippen LogP contribution in [-0.4, -0.2) is 10.8 Å². The second kappa shape index (κ2) is 4.01. The van der Waals surface area contributed by atoms with Gasteiger partial charge in [-0.2, -0.15) is 5.26 Å². The van der Waals surface area contributed by atoms with Crippen LogP contribution in [0.5, 0.6) is 0 Å². The number of nitrogens with zero attached hydrogens (tertiary/aromatic N) is 2. The minimum absolute atomic E-state index is 0.188. The average molecular weight is 218 g/mol. The normalized spacial score (nSPS) is 19.1. The number of Topliss-reactive ketones (excluding diaryl/α,β-unsaturated/α-hetero) is 1. The van der Waals surface area contributed by atoms with Gasteiger partial charge in [-0.1, -0.05) is 0 Å². The van der Waals surface area contributed by atoms with E-state index in [9.17, 15) is 14.4 Å². The fraction of sp³-hybridized carbons (Fsp3) is 0.417. The predicted molar refractivity (Wildman–Crippen MR) is 55.0 cm³/mol. The van der Waals surface area contributed by atoms with Gasteiger partial charge in [-0.3, -0.25) is 9.78 Å². The number of hydrogen-bond donors (Lipinski definition) is 0. The topological polar surface area (TPSA) is 53.8 Å². The van der Waals surface area contributed by atoms with Crippen molar-refractivity contribution in [1.82, 2.24) is 4.98 Å². The van der Waals surface area contributed by atoms with E-state index in [-0.39, 0.29) is 5.78 Å². The van der Waals surface area contributed by atoms with Gasteiger partial charge in [0, 0.05) is 12.8 Å². The highest BCUT2D eigenvalue weighted by Gasteiger charge is 2.37. The summed E-state index contributed by atoms with van der Waals surface area (Å²) in [5, 5.41) is 9.26. The lowest BCUT2D eigenvalue weighted by molar-refractivity contribution is -0.121. The van der Waals surface area contributed by atoms with Gasteiger partial charge in [-0.05, 0) is 25.0 Å². The maximum Gasteiger partial charge on any atom is 0.141 e. The molecule has 0 atom stereocenters. The maximum atomic E-state index is 12.7. The van der Waals surface area contributed by atoms with Crippen molar-refractivity contribution in [2.75, 3.05) is 0 Å². The molecular formula is C12H11FN2O. The van der Waals surface area contributed by atoms with Crippen LogP contribution in [0, 0.1) is 17.1 Å². The van der Waals surface area contributed by atoms with Crippen LogP contribution in [0.25, 0.3) is 0 Å². The smallest absolute Gasteiger partial charge is 0.141 e. The van der Waals surface area contributed by atoms with Gasteiger partial charge in [0.05, 0.1) is 18.0 Å². The van der Waals surface area contributed by atoms with E-state index in [4.69, 9.17) is 0 Å². The van der Waals surface area contributed by atoms with Crippen molar-refractivity contribution in [3.63, 3.8) is 0 Å². The summed E-state index contributed by atoms with van der Waals surface area (Å²) in [7, 11) is 0. The highest BCUT2D eigenvalue weighted by molar-refractivity contribution is 5.79. The Kier molecular flexibility index (Phi) is 2.69. The van der Waals surface area contributed by atoms with Gasteiger partial charge in [-0.15, -0.1) is 0 Å². The number of pyridine rings is 1. The van der Waals surface area contributed by atoms with Crippen LogP contribution in [0.2, 0.25) is 0 Å². The van der Waals surface area contributed by atoms with Crippen molar-refractivity contribution in [3.8, 4) is 6.07 Å². The molecule has 0 bridgehead atoms. The Morgan fingerprint density at radius 3 is 2.56 bits per heavy atom. The van der Waals surface area contributed by atoms with Gasteiger partial charge in [-0.25, -0.2) is 4.39 Å². The molecule has 82 valence electrons. The summed E-state index contributed by atoms with van der Waals surface area (Å²) in [5.41, 5.74) is -0.134. The van der Waals surface area contributed by atoms with Crippen LogP contribution >= 0.6 is 0 Å². The van der Waals surface area contributed by atoms with E-state index in [1.807, 2.05) is 0 Å². The lowest BCUT2D eigenvalue weighted by atomic mass is 9.72. The Balaban J connectivity index is 2.32. The molecule has 0 spiro atoms. The summed E-state index contributed by atoms with van der Waals surface area (Å²) in [4.78, 5) is 15.1. The van der Waals surface area contributed by atoms with Gasteiger partial charge < -0.3 is 0 Å². The molecule has 16 heavy (non-hydrogen) atoms. The molecule has 1 heterocycles. The van der Waals surface area contributed by atoms with Gasteiger partial charge in [0.2, 0.25) is 0 Å². The van der Waals surface area contributed by atoms with E-state index in [1.165, 1.54) is 12.1 Å². The molecular weight excluding hydrogens is 207 g/mol. The number of carbonyl (C=O) groups excluding carboxylic acids is 1. The zero-order valence-electron chi connectivity index (χ0n) is 8.74. The monoisotopic (exact) mass is 218 g/mol. The summed E-state index contributed by atoms with van der Waals surface area (Å²) in [6, 6.07) is 5.08. The van der Waals surface area contributed by atoms with Gasteiger partial charge in [0.1, 0.15) is 17.0 Å². The zero-order valence-corrected chi connectivity index (χ0v) is 8.74. The maximum absolute atomic E-state index is 12.7. The van der Waals surface area contributed by atoms with E-state index < -0.39 is 11.2 Å². The summed E-state index contributed by atoms with van der Waals surface area (Å²) >= 11 is 0. The Hall–Kier alpha value is -1.76. The molecule has 4 heteroatoms. The first-order chi connectivity index (χ1) is 7.66. The first-order valence-electron chi connectivity index (χ1n) is 5.21. The molecule has 1 aromatic rings. The number of rotatable bonds is 1. The van der Waals surface area contributed by atoms with E-state index in [2.05, 4.69) is 11.1 Å². The molecule has 2 rings (SSSR count). The van der Waals surface area contributed by atoms with Crippen molar-refractivity contribution in [2.45, 2.75) is 31.1 Å². The zero-order chi connectivity index (χ0) is 11.6. The highest BCUT2D eigenvalue weighted by Crippen LogP contribution is 2.36. The molecule has 1 aromatic heterocycles. The van der Waals surface area contributed by atoms with Crippen LogP contribution in [0.15, 0.2) is 18.3 Å². The van der Waals surface area contributed by atoms with E-state index in [1.54, 1.807) is 0 Å². The molecule has 0 N–H and O–H groups in total. The number of carbonyl (C=O) groups is 1. The van der Waals surface area contributed by atoms with Crippen molar-refractivity contribution < 1.29 is 9.18 Å². The average Bonchev–Trinajstić information content (AvgIpc) is 2.32. The second-order valence-corrected chi connectivity index (χ2v) is 4.09. The van der Waals surface area contributed by atoms with Crippen LogP contribution in [0.4, 0.5) is 4.39 Å². The van der Waals surface area contributed by atoms with Crippen molar-refractivity contribution in [1.29, 1.82) is 5.26 Å². The summed E-state index contributed by atoms with van der Waals surface area (Å²) in [5.74, 6) is -0.225. The van der Waals surface area contributed by atoms with Crippen molar-refractivity contribution in [2.24, 2.45) is 0 Å². The number of halogens is 1. The molecule has 0 aromatic carbocycles. The van der Waals surface area contributed by atoms with Crippen LogP contribution in [0.3, 0.4) is 0 Å². The molecule has 3 nitrogen and oxygen atoms in total. The Bertz CT molecular complexity index is 437. The first kappa shape index (κ1) is 10.7. The van der Waals surface area contributed by atoms with Crippen LogP contribution in [0.1, 0.15) is 31.4 Å². The molecule has 1 aliphatic rings. The molecule has 0 saturated heterocycles. The number of ketones is 1. The summed E-state index contributed by atoms with van der Waals surface area (Å²) in [6.45, 7) is 0. The Labute approximate surface area is 92.9 Å². The Morgan fingerprint density at radius 1 is 1.38 bits per heavy atom. The third-order valence-electron chi connectivity index (χ3n) is 3.09. The molecule has 0 aliphatic heterocycles. The van der Waals surface area contributed by atoms with Crippen LogP contribution < -0.4 is 0 Å². The van der Waals surface area contributed by atoms with E-state index in [0.717, 1.165) is 6.20 Å². The van der Waals surface area contributed by atoms with E-state index in [0.29, 0.717) is 31.4 Å². The second-order valence-electron chi connectivity index (χ2n) is 4.09. The van der Waals surface area contributed by atoms with Crippen molar-refractivity contribution >= 4 is 5.78 Å². The molecule has 1 aliphatic carbocycles. The highest BCUT2D eigenvalue weighted by atomic mass is 19.1. The first-order valence-corrected chi connectivity index (χ1v) is 5.21. The molecule has 1 fully saturated rings. The van der Waals surface area contributed by atoms with Gasteiger partial charge >= 0.3 is 0 Å². The summed E-state index contributed by atoms with van der Waals surface area (Å²) in [6.07, 6.45) is 2.91. The fourth-order valence-electron chi connectivity index (χ4n) is 2.04. The predicted octanol–water partition coefficient (Wildman–Crippen LogP) is 2.13. The minimum atomic E-state index is -0.707. The molecule has 0 unspecified atom stereocenters. The number of aromatic nitrogens is 1. The molecule has 0 radical (unpaired) electrons. The Morgan fingerprint density at radius 2 is 2.06 bits per heavy atom. The standard InChI is InChI=1S/C12H11FN2O/c13-9-1-2-11(15-7-9)12(8-14)5-3-10(16)4-6-12/h1-2,7H,3-6H2. The largest absolute Gasteiger partial charge is 0.300 e. The third-order valence-corrected chi connectivity index (χ3v) is 3.09. The summed E-state index contributed by atoms with van der Waals surface area (Å²) < 4.78 is 12.7. The van der Waals surface area contributed by atoms with E-state index >= 15 is 0 Å². The lowest BCUT2D eigenvalue weighted by Crippen LogP contribution is -2.31. The van der Waals surface area contributed by atoms with Gasteiger partial charge in [0.25, 0.3) is 0 Å². The minimum Gasteiger partial charge on any atom is -0.300 e. The third kappa shape index (κ3) is 1.81. The number of nitriles is 1. The fourth-order valence-corrected chi connectivity index (χ4v) is 2.04. The van der Waals surface area contributed by atoms with Crippen molar-refractivity contribution in [3.05, 3.63) is 29.8 Å². The SMILES string of the molecule is N#CC1(c2ccc(F)cn2)CCC(=O)CC1. The van der Waals surface area contributed by atoms with Crippen LogP contribution in [-0.2, 0) is 10.2 Å². The number of hydrogen-bond acceptors (Lipinski definition) is 3. The quantitative estimate of drug-likeness (QED) is 0.725. The van der Waals surface area contributed by atoms with Gasteiger partial charge in [0.15, 0.2) is 0 Å².